The van der Waals surface area contributed by atoms with Crippen molar-refractivity contribution >= 4 is 17.3 Å². The van der Waals surface area contributed by atoms with Gasteiger partial charge in [-0.2, -0.15) is 0 Å². The number of fused-ring (bicyclic) bond motifs is 1. The number of nitrogens with one attached hydrogen (secondary N) is 1. The quantitative estimate of drug-likeness (QED) is 0.805. The van der Waals surface area contributed by atoms with Gasteiger partial charge < -0.3 is 15.0 Å². The first-order valence-electron chi connectivity index (χ1n) is 6.10. The molecule has 0 radical (unpaired) electrons. The van der Waals surface area contributed by atoms with Gasteiger partial charge in [-0.1, -0.05) is 0 Å². The molecule has 90 valence electrons. The van der Waals surface area contributed by atoms with E-state index in [0.717, 1.165) is 24.5 Å². The van der Waals surface area contributed by atoms with Crippen molar-refractivity contribution in [3.05, 3.63) is 18.2 Å². The second-order valence-corrected chi connectivity index (χ2v) is 4.62. The van der Waals surface area contributed by atoms with Crippen LogP contribution in [0.15, 0.2) is 18.2 Å². The largest absolute Gasteiger partial charge is 0.479 e. The fraction of sp³-hybridized carbons (Fsp3) is 0.462. The summed E-state index contributed by atoms with van der Waals surface area (Å²) < 4.78 is 5.61. The molecule has 1 aromatic rings. The average molecular weight is 232 g/mol. The van der Waals surface area contributed by atoms with Crippen molar-refractivity contribution < 1.29 is 9.53 Å². The second kappa shape index (κ2) is 3.95. The van der Waals surface area contributed by atoms with Crippen LogP contribution in [-0.4, -0.2) is 25.1 Å². The van der Waals surface area contributed by atoms with E-state index in [9.17, 15) is 4.79 Å². The van der Waals surface area contributed by atoms with Crippen molar-refractivity contribution in [1.29, 1.82) is 0 Å². The summed E-state index contributed by atoms with van der Waals surface area (Å²) in [4.78, 5) is 13.8. The first-order valence-corrected chi connectivity index (χ1v) is 6.10. The lowest BCUT2D eigenvalue weighted by molar-refractivity contribution is -0.122. The summed E-state index contributed by atoms with van der Waals surface area (Å²) in [5.41, 5.74) is 1.96. The molecule has 1 aromatic carbocycles. The molecule has 0 saturated carbocycles. The molecule has 0 bridgehead atoms. The summed E-state index contributed by atoms with van der Waals surface area (Å²) >= 11 is 0. The van der Waals surface area contributed by atoms with Crippen LogP contribution < -0.4 is 15.0 Å². The highest BCUT2D eigenvalue weighted by molar-refractivity contribution is 5.97. The Balaban J connectivity index is 1.90. The van der Waals surface area contributed by atoms with Crippen LogP contribution in [0.25, 0.3) is 0 Å². The topological polar surface area (TPSA) is 41.6 Å². The molecule has 17 heavy (non-hydrogen) atoms. The van der Waals surface area contributed by atoms with Gasteiger partial charge in [-0.25, -0.2) is 0 Å². The highest BCUT2D eigenvalue weighted by Crippen LogP contribution is 2.34. The van der Waals surface area contributed by atoms with E-state index >= 15 is 0 Å². The number of carbonyl (C=O) groups excluding carboxylic acids is 1. The Morgan fingerprint density at radius 2 is 2.12 bits per heavy atom. The van der Waals surface area contributed by atoms with E-state index < -0.39 is 6.10 Å². The van der Waals surface area contributed by atoms with E-state index in [1.165, 1.54) is 18.5 Å². The van der Waals surface area contributed by atoms with Gasteiger partial charge in [0.05, 0.1) is 5.69 Å². The van der Waals surface area contributed by atoms with Crippen LogP contribution in [-0.2, 0) is 4.79 Å². The van der Waals surface area contributed by atoms with Gasteiger partial charge in [0.25, 0.3) is 5.91 Å². The molecular formula is C13H16N2O2. The summed E-state index contributed by atoms with van der Waals surface area (Å²) in [6, 6.07) is 5.99. The number of anilines is 2. The number of benzene rings is 1. The molecule has 1 unspecified atom stereocenters. The molecule has 0 spiro atoms. The van der Waals surface area contributed by atoms with E-state index in [0.29, 0.717) is 0 Å². The van der Waals surface area contributed by atoms with Crippen LogP contribution in [0.4, 0.5) is 11.4 Å². The van der Waals surface area contributed by atoms with E-state index in [2.05, 4.69) is 10.2 Å². The standard InChI is InChI=1S/C13H16N2O2/c1-9-13(16)14-11-5-4-10(8-12(11)17-9)15-6-2-3-7-15/h4-5,8-9H,2-3,6-7H2,1H3,(H,14,16). The lowest BCUT2D eigenvalue weighted by Crippen LogP contribution is -2.34. The molecule has 2 aliphatic rings. The van der Waals surface area contributed by atoms with Gasteiger partial charge in [-0.05, 0) is 31.9 Å². The molecule has 1 atom stereocenters. The number of hydrogen-bond acceptors (Lipinski definition) is 3. The van der Waals surface area contributed by atoms with Gasteiger partial charge in [-0.15, -0.1) is 0 Å². The Morgan fingerprint density at radius 3 is 2.88 bits per heavy atom. The van der Waals surface area contributed by atoms with Gasteiger partial charge in [-0.3, -0.25) is 4.79 Å². The minimum Gasteiger partial charge on any atom is -0.479 e. The van der Waals surface area contributed by atoms with Gasteiger partial charge in [0, 0.05) is 24.8 Å². The molecule has 1 saturated heterocycles. The molecule has 1 amide bonds. The van der Waals surface area contributed by atoms with Crippen molar-refractivity contribution in [2.45, 2.75) is 25.9 Å². The normalized spacial score (nSPS) is 23.0. The van der Waals surface area contributed by atoms with Crippen molar-refractivity contribution in [3.63, 3.8) is 0 Å². The van der Waals surface area contributed by atoms with Crippen LogP contribution in [0.3, 0.4) is 0 Å². The molecule has 0 aliphatic carbocycles. The Bertz CT molecular complexity index is 453. The van der Waals surface area contributed by atoms with Crippen LogP contribution >= 0.6 is 0 Å². The number of carbonyl (C=O) groups is 1. The van der Waals surface area contributed by atoms with E-state index in [-0.39, 0.29) is 5.91 Å². The molecule has 2 heterocycles. The first kappa shape index (κ1) is 10.4. The van der Waals surface area contributed by atoms with Crippen molar-refractivity contribution in [1.82, 2.24) is 0 Å². The molecule has 4 heteroatoms. The zero-order valence-electron chi connectivity index (χ0n) is 9.90. The number of hydrogen-bond donors (Lipinski definition) is 1. The van der Waals surface area contributed by atoms with Gasteiger partial charge in [0.15, 0.2) is 6.10 Å². The molecule has 3 rings (SSSR count). The Hall–Kier alpha value is -1.71. The third kappa shape index (κ3) is 1.84. The molecule has 4 nitrogen and oxygen atoms in total. The van der Waals surface area contributed by atoms with Gasteiger partial charge in [0.2, 0.25) is 0 Å². The zero-order valence-corrected chi connectivity index (χ0v) is 9.90. The van der Waals surface area contributed by atoms with Crippen LogP contribution in [0.2, 0.25) is 0 Å². The maximum absolute atomic E-state index is 11.5. The van der Waals surface area contributed by atoms with Crippen molar-refractivity contribution in [2.24, 2.45) is 0 Å². The third-order valence-corrected chi connectivity index (χ3v) is 3.37. The minimum atomic E-state index is -0.406. The predicted molar refractivity (Wildman–Crippen MR) is 66.6 cm³/mol. The molecular weight excluding hydrogens is 216 g/mol. The minimum absolute atomic E-state index is 0.0774. The predicted octanol–water partition coefficient (Wildman–Crippen LogP) is 2.01. The number of nitrogens with zero attached hydrogens (tertiary/aromatic N) is 1. The first-order chi connectivity index (χ1) is 8.24. The summed E-state index contributed by atoms with van der Waals surface area (Å²) in [7, 11) is 0. The molecule has 0 aromatic heterocycles. The fourth-order valence-corrected chi connectivity index (χ4v) is 2.36. The van der Waals surface area contributed by atoms with E-state index in [1.54, 1.807) is 6.92 Å². The number of rotatable bonds is 1. The van der Waals surface area contributed by atoms with Crippen LogP contribution in [0, 0.1) is 0 Å². The third-order valence-electron chi connectivity index (χ3n) is 3.37. The van der Waals surface area contributed by atoms with Crippen molar-refractivity contribution in [3.8, 4) is 5.75 Å². The highest BCUT2D eigenvalue weighted by atomic mass is 16.5. The Morgan fingerprint density at radius 1 is 1.35 bits per heavy atom. The highest BCUT2D eigenvalue weighted by Gasteiger charge is 2.24. The number of amides is 1. The fourth-order valence-electron chi connectivity index (χ4n) is 2.36. The van der Waals surface area contributed by atoms with E-state index in [4.69, 9.17) is 4.74 Å². The van der Waals surface area contributed by atoms with Gasteiger partial charge in [0.1, 0.15) is 5.75 Å². The van der Waals surface area contributed by atoms with Crippen LogP contribution in [0.1, 0.15) is 19.8 Å². The number of ether oxygens (including phenoxy) is 1. The molecule has 1 fully saturated rings. The lowest BCUT2D eigenvalue weighted by Gasteiger charge is -2.25. The Kier molecular flexibility index (Phi) is 2.42. The monoisotopic (exact) mass is 232 g/mol. The van der Waals surface area contributed by atoms with E-state index in [1.807, 2.05) is 18.2 Å². The smallest absolute Gasteiger partial charge is 0.265 e. The maximum atomic E-state index is 11.5. The zero-order chi connectivity index (χ0) is 11.8. The summed E-state index contributed by atoms with van der Waals surface area (Å²) in [5.74, 6) is 0.702. The molecule has 2 aliphatic heterocycles. The SMILES string of the molecule is CC1Oc2cc(N3CCCC3)ccc2NC1=O. The van der Waals surface area contributed by atoms with Gasteiger partial charge >= 0.3 is 0 Å². The van der Waals surface area contributed by atoms with Crippen LogP contribution in [0.5, 0.6) is 5.75 Å². The average Bonchev–Trinajstić information content (AvgIpc) is 2.83. The summed E-state index contributed by atoms with van der Waals surface area (Å²) in [5, 5.41) is 2.84. The maximum Gasteiger partial charge on any atom is 0.265 e. The summed E-state index contributed by atoms with van der Waals surface area (Å²) in [6.45, 7) is 3.99. The second-order valence-electron chi connectivity index (χ2n) is 4.62. The Labute approximate surface area is 101 Å². The molecule has 1 N–H and O–H groups in total. The lowest BCUT2D eigenvalue weighted by atomic mass is 10.2. The van der Waals surface area contributed by atoms with Crippen molar-refractivity contribution in [2.75, 3.05) is 23.3 Å². The summed E-state index contributed by atoms with van der Waals surface area (Å²) in [6.07, 6.45) is 2.10.